The van der Waals surface area contributed by atoms with Gasteiger partial charge in [-0.1, -0.05) is 0 Å². The second-order valence-corrected chi connectivity index (χ2v) is 4.78. The van der Waals surface area contributed by atoms with Crippen LogP contribution in [-0.4, -0.2) is 22.5 Å². The fraction of sp³-hybridized carbons (Fsp3) is 0.545. The summed E-state index contributed by atoms with van der Waals surface area (Å²) in [5.41, 5.74) is 1.21. The summed E-state index contributed by atoms with van der Waals surface area (Å²) in [6.07, 6.45) is 7.69. The van der Waals surface area contributed by atoms with Crippen molar-refractivity contribution in [3.63, 3.8) is 0 Å². The van der Waals surface area contributed by atoms with E-state index in [4.69, 9.17) is 0 Å². The minimum absolute atomic E-state index is 0.605. The Labute approximate surface area is 94.1 Å². The maximum Gasteiger partial charge on any atom is 0.193 e. The first-order valence-electron chi connectivity index (χ1n) is 5.38. The van der Waals surface area contributed by atoms with Crippen molar-refractivity contribution in [2.24, 2.45) is 0 Å². The third-order valence-corrected chi connectivity index (χ3v) is 3.48. The number of nitrogens with one attached hydrogen (secondary N) is 1. The van der Waals surface area contributed by atoms with Gasteiger partial charge in [-0.05, 0) is 33.2 Å². The summed E-state index contributed by atoms with van der Waals surface area (Å²) in [4.78, 5) is 5.66. The van der Waals surface area contributed by atoms with Crippen LogP contribution in [0.3, 0.4) is 0 Å². The van der Waals surface area contributed by atoms with E-state index in [-0.39, 0.29) is 0 Å². The molecule has 4 heteroatoms. The highest BCUT2D eigenvalue weighted by atomic mass is 32.1. The smallest absolute Gasteiger partial charge is 0.193 e. The third-order valence-electron chi connectivity index (χ3n) is 2.71. The molecule has 3 nitrogen and oxygen atoms in total. The second kappa shape index (κ2) is 4.77. The van der Waals surface area contributed by atoms with E-state index in [0.29, 0.717) is 6.04 Å². The molecule has 82 valence electrons. The maximum atomic E-state index is 4.56. The average molecular weight is 223 g/mol. The fourth-order valence-electron chi connectivity index (χ4n) is 1.63. The molecule has 0 fully saturated rings. The van der Waals surface area contributed by atoms with E-state index >= 15 is 0 Å². The summed E-state index contributed by atoms with van der Waals surface area (Å²) in [7, 11) is 2.01. The first kappa shape index (κ1) is 10.6. The van der Waals surface area contributed by atoms with Gasteiger partial charge in [0.25, 0.3) is 0 Å². The Bertz CT molecular complexity index is 390. The van der Waals surface area contributed by atoms with Crippen LogP contribution < -0.4 is 5.32 Å². The van der Waals surface area contributed by atoms with Gasteiger partial charge in [0.1, 0.15) is 0 Å². The monoisotopic (exact) mass is 223 g/mol. The molecule has 0 spiro atoms. The van der Waals surface area contributed by atoms with Crippen molar-refractivity contribution in [3.8, 4) is 0 Å². The lowest BCUT2D eigenvalue weighted by atomic mass is 10.1. The summed E-state index contributed by atoms with van der Waals surface area (Å²) in [5, 5.41) is 5.31. The van der Waals surface area contributed by atoms with E-state index < -0.39 is 0 Å². The molecule has 2 aromatic rings. The number of hydrogen-bond acceptors (Lipinski definition) is 3. The molecule has 2 rings (SSSR count). The standard InChI is InChI=1S/C11H17N3S/c1-9(12-2)4-3-5-10-8-14-6-7-15-11(14)13-10/h6-9,12H,3-5H2,1-2H3. The minimum atomic E-state index is 0.605. The van der Waals surface area contributed by atoms with Gasteiger partial charge < -0.3 is 5.32 Å². The molecule has 1 N–H and O–H groups in total. The molecule has 2 heterocycles. The highest BCUT2D eigenvalue weighted by Crippen LogP contribution is 2.13. The average Bonchev–Trinajstić information content (AvgIpc) is 2.77. The van der Waals surface area contributed by atoms with Gasteiger partial charge in [-0.25, -0.2) is 4.98 Å². The van der Waals surface area contributed by atoms with Crippen molar-refractivity contribution < 1.29 is 0 Å². The number of aryl methyl sites for hydroxylation is 1. The Kier molecular flexibility index (Phi) is 3.38. The Hall–Kier alpha value is -0.870. The molecule has 0 aliphatic carbocycles. The van der Waals surface area contributed by atoms with E-state index in [0.717, 1.165) is 11.4 Å². The van der Waals surface area contributed by atoms with Gasteiger partial charge >= 0.3 is 0 Å². The third kappa shape index (κ3) is 2.58. The molecule has 0 aliphatic rings. The highest BCUT2D eigenvalue weighted by molar-refractivity contribution is 7.15. The van der Waals surface area contributed by atoms with E-state index in [1.54, 1.807) is 11.3 Å². The molecular weight excluding hydrogens is 206 g/mol. The summed E-state index contributed by atoms with van der Waals surface area (Å²) in [5.74, 6) is 0. The van der Waals surface area contributed by atoms with Crippen molar-refractivity contribution in [2.75, 3.05) is 7.05 Å². The number of nitrogens with zero attached hydrogens (tertiary/aromatic N) is 2. The second-order valence-electron chi connectivity index (χ2n) is 3.91. The van der Waals surface area contributed by atoms with Gasteiger partial charge in [-0.2, -0.15) is 0 Å². The first-order chi connectivity index (χ1) is 7.29. The van der Waals surface area contributed by atoms with Gasteiger partial charge in [0.15, 0.2) is 4.96 Å². The Morgan fingerprint density at radius 2 is 2.47 bits per heavy atom. The van der Waals surface area contributed by atoms with Crippen LogP contribution in [0.25, 0.3) is 4.96 Å². The molecule has 0 aromatic carbocycles. The largest absolute Gasteiger partial charge is 0.317 e. The number of thiazole rings is 1. The van der Waals surface area contributed by atoms with E-state index in [9.17, 15) is 0 Å². The quantitative estimate of drug-likeness (QED) is 0.843. The molecule has 15 heavy (non-hydrogen) atoms. The number of hydrogen-bond donors (Lipinski definition) is 1. The summed E-state index contributed by atoms with van der Waals surface area (Å²) in [6.45, 7) is 2.21. The van der Waals surface area contributed by atoms with Crippen LogP contribution in [0.5, 0.6) is 0 Å². The zero-order chi connectivity index (χ0) is 10.7. The fourth-order valence-corrected chi connectivity index (χ4v) is 2.35. The molecular formula is C11H17N3S. The van der Waals surface area contributed by atoms with Crippen LogP contribution in [-0.2, 0) is 6.42 Å². The van der Waals surface area contributed by atoms with Crippen molar-refractivity contribution in [3.05, 3.63) is 23.5 Å². The predicted octanol–water partition coefficient (Wildman–Crippen LogP) is 2.33. The first-order valence-corrected chi connectivity index (χ1v) is 6.26. The van der Waals surface area contributed by atoms with E-state index in [2.05, 4.69) is 39.4 Å². The molecule has 0 aliphatic heterocycles. The lowest BCUT2D eigenvalue weighted by Crippen LogP contribution is -2.20. The van der Waals surface area contributed by atoms with Gasteiger partial charge in [0.05, 0.1) is 5.69 Å². The molecule has 1 atom stereocenters. The van der Waals surface area contributed by atoms with Crippen molar-refractivity contribution in [1.82, 2.24) is 14.7 Å². The zero-order valence-corrected chi connectivity index (χ0v) is 10.0. The molecule has 1 unspecified atom stereocenters. The van der Waals surface area contributed by atoms with Gasteiger partial charge in [-0.15, -0.1) is 11.3 Å². The van der Waals surface area contributed by atoms with Gasteiger partial charge in [0, 0.05) is 23.8 Å². The summed E-state index contributed by atoms with van der Waals surface area (Å²) in [6, 6.07) is 0.605. The van der Waals surface area contributed by atoms with E-state index in [1.165, 1.54) is 18.5 Å². The number of rotatable bonds is 5. The molecule has 0 saturated carbocycles. The van der Waals surface area contributed by atoms with Crippen LogP contribution in [0.1, 0.15) is 25.5 Å². The Morgan fingerprint density at radius 3 is 3.20 bits per heavy atom. The Balaban J connectivity index is 1.87. The number of aromatic nitrogens is 2. The van der Waals surface area contributed by atoms with Crippen LogP contribution in [0.15, 0.2) is 17.8 Å². The zero-order valence-electron chi connectivity index (χ0n) is 9.23. The van der Waals surface area contributed by atoms with E-state index in [1.807, 2.05) is 7.05 Å². The van der Waals surface area contributed by atoms with Crippen LogP contribution in [0, 0.1) is 0 Å². The van der Waals surface area contributed by atoms with Crippen LogP contribution in [0.2, 0.25) is 0 Å². The van der Waals surface area contributed by atoms with Crippen molar-refractivity contribution in [1.29, 1.82) is 0 Å². The number of imidazole rings is 1. The lowest BCUT2D eigenvalue weighted by molar-refractivity contribution is 0.540. The molecule has 0 amide bonds. The van der Waals surface area contributed by atoms with Crippen LogP contribution in [0.4, 0.5) is 0 Å². The molecule has 0 radical (unpaired) electrons. The molecule has 2 aromatic heterocycles. The number of fused-ring (bicyclic) bond motifs is 1. The predicted molar refractivity (Wildman–Crippen MR) is 64.5 cm³/mol. The highest BCUT2D eigenvalue weighted by Gasteiger charge is 2.03. The lowest BCUT2D eigenvalue weighted by Gasteiger charge is -2.07. The van der Waals surface area contributed by atoms with Gasteiger partial charge in [0.2, 0.25) is 0 Å². The maximum absolute atomic E-state index is 4.56. The topological polar surface area (TPSA) is 29.3 Å². The van der Waals surface area contributed by atoms with Crippen molar-refractivity contribution >= 4 is 16.3 Å². The summed E-state index contributed by atoms with van der Waals surface area (Å²) >= 11 is 1.69. The SMILES string of the molecule is CNC(C)CCCc1cn2ccsc2n1. The van der Waals surface area contributed by atoms with Crippen molar-refractivity contribution in [2.45, 2.75) is 32.2 Å². The molecule has 0 saturated heterocycles. The minimum Gasteiger partial charge on any atom is -0.317 e. The normalized spacial score (nSPS) is 13.5. The molecule has 0 bridgehead atoms. The Morgan fingerprint density at radius 1 is 1.60 bits per heavy atom. The van der Waals surface area contributed by atoms with Crippen LogP contribution >= 0.6 is 11.3 Å². The summed E-state index contributed by atoms with van der Waals surface area (Å²) < 4.78 is 2.10. The van der Waals surface area contributed by atoms with Gasteiger partial charge in [-0.3, -0.25) is 4.40 Å².